The Labute approximate surface area is 103 Å². The van der Waals surface area contributed by atoms with Crippen molar-refractivity contribution in [1.29, 1.82) is 0 Å². The van der Waals surface area contributed by atoms with Gasteiger partial charge in [0.05, 0.1) is 5.54 Å². The van der Waals surface area contributed by atoms with Gasteiger partial charge in [-0.1, -0.05) is 13.3 Å². The van der Waals surface area contributed by atoms with E-state index < -0.39 is 17.0 Å². The fourth-order valence-corrected chi connectivity index (χ4v) is 1.84. The minimum atomic E-state index is -1.24. The van der Waals surface area contributed by atoms with Crippen LogP contribution < -0.4 is 5.73 Å². The van der Waals surface area contributed by atoms with Gasteiger partial charge in [-0.05, 0) is 34.1 Å². The monoisotopic (exact) mass is 244 g/mol. The molecule has 0 radical (unpaired) electrons. The molecule has 0 aliphatic rings. The quantitative estimate of drug-likeness (QED) is 0.735. The maximum Gasteiger partial charge on any atom is 0.329 e. The van der Waals surface area contributed by atoms with Gasteiger partial charge in [0.25, 0.3) is 0 Å². The Bertz CT molecular complexity index is 298. The predicted molar refractivity (Wildman–Crippen MR) is 66.6 cm³/mol. The van der Waals surface area contributed by atoms with Gasteiger partial charge in [0.1, 0.15) is 5.54 Å². The predicted octanol–water partition coefficient (Wildman–Crippen LogP) is 1.22. The zero-order valence-corrected chi connectivity index (χ0v) is 11.4. The highest BCUT2D eigenvalue weighted by atomic mass is 16.4. The zero-order chi connectivity index (χ0) is 13.9. The fourth-order valence-electron chi connectivity index (χ4n) is 1.84. The molecule has 5 nitrogen and oxygen atoms in total. The Hall–Kier alpha value is -1.10. The summed E-state index contributed by atoms with van der Waals surface area (Å²) in [4.78, 5) is 24.8. The maximum absolute atomic E-state index is 12.3. The smallest absolute Gasteiger partial charge is 0.329 e. The molecule has 0 rings (SSSR count). The van der Waals surface area contributed by atoms with E-state index in [0.717, 1.165) is 6.42 Å². The van der Waals surface area contributed by atoms with E-state index in [0.29, 0.717) is 13.0 Å². The van der Waals surface area contributed by atoms with Gasteiger partial charge in [0, 0.05) is 6.54 Å². The SMILES string of the molecule is CCCC(C)(N)C(=O)N(CC)C(C)(C)C(=O)O. The molecule has 0 aromatic carbocycles. The van der Waals surface area contributed by atoms with Gasteiger partial charge in [-0.3, -0.25) is 4.79 Å². The van der Waals surface area contributed by atoms with Crippen molar-refractivity contribution in [3.8, 4) is 0 Å². The fraction of sp³-hybridized carbons (Fsp3) is 0.833. The number of carboxylic acid groups (broad SMARTS) is 1. The molecule has 0 fully saturated rings. The molecule has 100 valence electrons. The average molecular weight is 244 g/mol. The lowest BCUT2D eigenvalue weighted by Gasteiger charge is -2.39. The van der Waals surface area contributed by atoms with E-state index in [9.17, 15) is 9.59 Å². The number of hydrogen-bond donors (Lipinski definition) is 2. The summed E-state index contributed by atoms with van der Waals surface area (Å²) >= 11 is 0. The lowest BCUT2D eigenvalue weighted by molar-refractivity contribution is -0.159. The standard InChI is InChI=1S/C12H24N2O3/c1-6-8-12(5,13)9(15)14(7-2)11(3,4)10(16)17/h6-8,13H2,1-5H3,(H,16,17). The number of carbonyl (C=O) groups excluding carboxylic acids is 1. The summed E-state index contributed by atoms with van der Waals surface area (Å²) in [5, 5.41) is 9.15. The Kier molecular flexibility index (Phi) is 5.13. The molecular formula is C12H24N2O3. The lowest BCUT2D eigenvalue weighted by atomic mass is 9.92. The second kappa shape index (κ2) is 5.49. The number of aliphatic carboxylic acids is 1. The van der Waals surface area contributed by atoms with Gasteiger partial charge in [0.15, 0.2) is 0 Å². The van der Waals surface area contributed by atoms with Gasteiger partial charge >= 0.3 is 5.97 Å². The summed E-state index contributed by atoms with van der Waals surface area (Å²) in [6.07, 6.45) is 1.32. The van der Waals surface area contributed by atoms with Crippen LogP contribution in [0.3, 0.4) is 0 Å². The maximum atomic E-state index is 12.3. The molecule has 0 aliphatic heterocycles. The van der Waals surface area contributed by atoms with E-state index >= 15 is 0 Å². The molecule has 0 saturated carbocycles. The van der Waals surface area contributed by atoms with Crippen LogP contribution in [0.2, 0.25) is 0 Å². The molecule has 0 bridgehead atoms. The zero-order valence-electron chi connectivity index (χ0n) is 11.4. The highest BCUT2D eigenvalue weighted by Crippen LogP contribution is 2.21. The van der Waals surface area contributed by atoms with Crippen LogP contribution in [-0.4, -0.2) is 39.5 Å². The summed E-state index contributed by atoms with van der Waals surface area (Å²) in [7, 11) is 0. The van der Waals surface area contributed by atoms with Crippen LogP contribution in [0, 0.1) is 0 Å². The molecule has 1 amide bonds. The van der Waals surface area contributed by atoms with E-state index in [1.54, 1.807) is 13.8 Å². The Balaban J connectivity index is 5.15. The van der Waals surface area contributed by atoms with Crippen LogP contribution >= 0.6 is 0 Å². The van der Waals surface area contributed by atoms with E-state index in [1.807, 2.05) is 6.92 Å². The first-order valence-electron chi connectivity index (χ1n) is 5.95. The number of nitrogens with two attached hydrogens (primary N) is 1. The molecule has 0 aromatic rings. The molecule has 3 N–H and O–H groups in total. The van der Waals surface area contributed by atoms with Crippen LogP contribution in [0.5, 0.6) is 0 Å². The second-order valence-electron chi connectivity index (χ2n) is 5.08. The molecule has 0 spiro atoms. The number of carbonyl (C=O) groups is 2. The van der Waals surface area contributed by atoms with Crippen LogP contribution in [0.1, 0.15) is 47.5 Å². The number of nitrogens with zero attached hydrogens (tertiary/aromatic N) is 1. The highest BCUT2D eigenvalue weighted by molar-refractivity contribution is 5.91. The lowest BCUT2D eigenvalue weighted by Crippen LogP contribution is -2.61. The summed E-state index contributed by atoms with van der Waals surface area (Å²) in [5.74, 6) is -1.34. The molecule has 17 heavy (non-hydrogen) atoms. The minimum absolute atomic E-state index is 0.311. The first-order chi connectivity index (χ1) is 7.61. The first-order valence-corrected chi connectivity index (χ1v) is 5.95. The number of hydrogen-bond acceptors (Lipinski definition) is 3. The third-order valence-corrected chi connectivity index (χ3v) is 3.02. The first kappa shape index (κ1) is 15.9. The van der Waals surface area contributed by atoms with Crippen molar-refractivity contribution in [2.75, 3.05) is 6.54 Å². The van der Waals surface area contributed by atoms with Crippen LogP contribution in [0.15, 0.2) is 0 Å². The van der Waals surface area contributed by atoms with Gasteiger partial charge in [-0.25, -0.2) is 4.79 Å². The molecule has 1 unspecified atom stereocenters. The van der Waals surface area contributed by atoms with E-state index in [4.69, 9.17) is 10.8 Å². The van der Waals surface area contributed by atoms with Crippen LogP contribution in [0.4, 0.5) is 0 Å². The van der Waals surface area contributed by atoms with Crippen molar-refractivity contribution < 1.29 is 14.7 Å². The van der Waals surface area contributed by atoms with E-state index in [2.05, 4.69) is 0 Å². The summed E-state index contributed by atoms with van der Waals surface area (Å²) in [6, 6.07) is 0. The van der Waals surface area contributed by atoms with Gasteiger partial charge < -0.3 is 15.7 Å². The number of likely N-dealkylation sites (N-methyl/N-ethyl adjacent to an activating group) is 1. The van der Waals surface area contributed by atoms with Crippen molar-refractivity contribution in [3.63, 3.8) is 0 Å². The number of carboxylic acids is 1. The summed E-state index contributed by atoms with van der Waals surface area (Å²) in [6.45, 7) is 8.70. The Morgan fingerprint density at radius 2 is 1.71 bits per heavy atom. The number of rotatable bonds is 6. The largest absolute Gasteiger partial charge is 0.480 e. The molecular weight excluding hydrogens is 220 g/mol. The molecule has 0 heterocycles. The number of amides is 1. The molecule has 0 saturated heterocycles. The molecule has 0 aliphatic carbocycles. The second-order valence-corrected chi connectivity index (χ2v) is 5.08. The van der Waals surface area contributed by atoms with Gasteiger partial charge in [-0.2, -0.15) is 0 Å². The Morgan fingerprint density at radius 3 is 2.00 bits per heavy atom. The molecule has 0 aromatic heterocycles. The van der Waals surface area contributed by atoms with Crippen molar-refractivity contribution in [2.24, 2.45) is 5.73 Å². The highest BCUT2D eigenvalue weighted by Gasteiger charge is 2.42. The van der Waals surface area contributed by atoms with E-state index in [-0.39, 0.29) is 5.91 Å². The van der Waals surface area contributed by atoms with Crippen molar-refractivity contribution in [3.05, 3.63) is 0 Å². The van der Waals surface area contributed by atoms with Crippen LogP contribution in [0.25, 0.3) is 0 Å². The molecule has 5 heteroatoms. The Morgan fingerprint density at radius 1 is 1.24 bits per heavy atom. The van der Waals surface area contributed by atoms with E-state index in [1.165, 1.54) is 18.7 Å². The minimum Gasteiger partial charge on any atom is -0.480 e. The third-order valence-electron chi connectivity index (χ3n) is 3.02. The molecule has 1 atom stereocenters. The van der Waals surface area contributed by atoms with Crippen molar-refractivity contribution in [2.45, 2.75) is 58.5 Å². The third kappa shape index (κ3) is 3.43. The van der Waals surface area contributed by atoms with Gasteiger partial charge in [0.2, 0.25) is 5.91 Å². The average Bonchev–Trinajstić information content (AvgIpc) is 2.17. The normalized spacial score (nSPS) is 15.2. The summed E-state index contributed by atoms with van der Waals surface area (Å²) in [5.41, 5.74) is 3.72. The van der Waals surface area contributed by atoms with Crippen molar-refractivity contribution >= 4 is 11.9 Å². The van der Waals surface area contributed by atoms with Crippen molar-refractivity contribution in [1.82, 2.24) is 4.90 Å². The topological polar surface area (TPSA) is 83.6 Å². The van der Waals surface area contributed by atoms with Gasteiger partial charge in [-0.15, -0.1) is 0 Å². The van der Waals surface area contributed by atoms with Crippen LogP contribution in [-0.2, 0) is 9.59 Å². The summed E-state index contributed by atoms with van der Waals surface area (Å²) < 4.78 is 0.